The summed E-state index contributed by atoms with van der Waals surface area (Å²) in [5.41, 5.74) is 3.30. The van der Waals surface area contributed by atoms with Crippen LogP contribution >= 0.6 is 15.9 Å². The Morgan fingerprint density at radius 1 is 1.21 bits per heavy atom. The fourth-order valence-corrected chi connectivity index (χ4v) is 3.26. The molecule has 5 nitrogen and oxygen atoms in total. The van der Waals surface area contributed by atoms with E-state index in [0.717, 1.165) is 28.6 Å². The number of para-hydroxylation sites is 1. The molecule has 1 heterocycles. The van der Waals surface area contributed by atoms with Crippen LogP contribution in [0.5, 0.6) is 0 Å². The molecule has 0 aliphatic heterocycles. The lowest BCUT2D eigenvalue weighted by Gasteiger charge is -2.02. The van der Waals surface area contributed by atoms with Crippen LogP contribution in [0.3, 0.4) is 0 Å². The summed E-state index contributed by atoms with van der Waals surface area (Å²) in [5.74, 6) is -0.336. The van der Waals surface area contributed by atoms with Gasteiger partial charge < -0.3 is 5.32 Å². The van der Waals surface area contributed by atoms with E-state index in [2.05, 4.69) is 21.2 Å². The number of rotatable bonds is 5. The molecule has 3 aromatic rings. The van der Waals surface area contributed by atoms with Crippen LogP contribution in [0, 0.1) is 11.3 Å². The van der Waals surface area contributed by atoms with Gasteiger partial charge in [-0.2, -0.15) is 10.4 Å². The Hall–Kier alpha value is -3.17. The molecule has 1 aliphatic rings. The Bertz CT molecular complexity index is 1090. The second kappa shape index (κ2) is 7.83. The molecule has 1 fully saturated rings. The number of nitrogens with zero attached hydrogens (tertiary/aromatic N) is 3. The Labute approximate surface area is 171 Å². The Balaban J connectivity index is 1.80. The summed E-state index contributed by atoms with van der Waals surface area (Å²) < 4.78 is 2.69. The van der Waals surface area contributed by atoms with Crippen molar-refractivity contribution in [3.8, 4) is 23.0 Å². The van der Waals surface area contributed by atoms with Gasteiger partial charge in [-0.3, -0.25) is 4.79 Å². The maximum absolute atomic E-state index is 12.4. The molecule has 1 aromatic heterocycles. The van der Waals surface area contributed by atoms with Gasteiger partial charge in [0.05, 0.1) is 5.69 Å². The van der Waals surface area contributed by atoms with Gasteiger partial charge in [-0.1, -0.05) is 46.3 Å². The van der Waals surface area contributed by atoms with Crippen LogP contribution in [0.25, 0.3) is 23.0 Å². The lowest BCUT2D eigenvalue weighted by Crippen LogP contribution is -2.26. The molecule has 0 spiro atoms. The van der Waals surface area contributed by atoms with E-state index >= 15 is 0 Å². The number of hydrogen-bond donors (Lipinski definition) is 1. The fraction of sp³-hybridized carbons (Fsp3) is 0.136. The standard InChI is InChI=1S/C22H17BrN4O/c23-18-6-4-5-15(12-18)21-17(11-16(13-24)22(28)25-19-9-10-19)14-27(26-21)20-7-2-1-3-8-20/h1-8,11-12,14,19H,9-10H2,(H,25,28)/b16-11+. The Kier molecular flexibility index (Phi) is 5.09. The minimum absolute atomic E-state index is 0.0794. The summed E-state index contributed by atoms with van der Waals surface area (Å²) in [7, 11) is 0. The lowest BCUT2D eigenvalue weighted by molar-refractivity contribution is -0.117. The van der Waals surface area contributed by atoms with E-state index in [-0.39, 0.29) is 17.5 Å². The van der Waals surface area contributed by atoms with E-state index < -0.39 is 0 Å². The minimum Gasteiger partial charge on any atom is -0.349 e. The van der Waals surface area contributed by atoms with Crippen molar-refractivity contribution < 1.29 is 4.79 Å². The van der Waals surface area contributed by atoms with Gasteiger partial charge in [-0.05, 0) is 43.2 Å². The summed E-state index contributed by atoms with van der Waals surface area (Å²) >= 11 is 3.49. The van der Waals surface area contributed by atoms with Crippen LogP contribution in [0.1, 0.15) is 18.4 Å². The molecule has 0 bridgehead atoms. The van der Waals surface area contributed by atoms with Gasteiger partial charge in [0, 0.05) is 27.8 Å². The fourth-order valence-electron chi connectivity index (χ4n) is 2.86. The summed E-state index contributed by atoms with van der Waals surface area (Å²) in [5, 5.41) is 17.1. The number of hydrogen-bond acceptors (Lipinski definition) is 3. The van der Waals surface area contributed by atoms with Gasteiger partial charge in [0.1, 0.15) is 17.3 Å². The van der Waals surface area contributed by atoms with E-state index in [1.54, 1.807) is 10.8 Å². The quantitative estimate of drug-likeness (QED) is 0.476. The largest absolute Gasteiger partial charge is 0.349 e. The summed E-state index contributed by atoms with van der Waals surface area (Å²) in [6.45, 7) is 0. The number of aromatic nitrogens is 2. The predicted molar refractivity (Wildman–Crippen MR) is 111 cm³/mol. The molecule has 1 aliphatic carbocycles. The lowest BCUT2D eigenvalue weighted by atomic mass is 10.1. The molecule has 1 amide bonds. The highest BCUT2D eigenvalue weighted by atomic mass is 79.9. The maximum Gasteiger partial charge on any atom is 0.262 e. The molecule has 28 heavy (non-hydrogen) atoms. The zero-order chi connectivity index (χ0) is 19.5. The maximum atomic E-state index is 12.4. The number of halogens is 1. The van der Waals surface area contributed by atoms with Crippen LogP contribution < -0.4 is 5.32 Å². The highest BCUT2D eigenvalue weighted by molar-refractivity contribution is 9.10. The van der Waals surface area contributed by atoms with Crippen molar-refractivity contribution in [2.75, 3.05) is 0 Å². The zero-order valence-corrected chi connectivity index (χ0v) is 16.6. The van der Waals surface area contributed by atoms with Gasteiger partial charge in [-0.15, -0.1) is 0 Å². The minimum atomic E-state index is -0.336. The van der Waals surface area contributed by atoms with Crippen LogP contribution in [0.15, 0.2) is 70.8 Å². The van der Waals surface area contributed by atoms with Gasteiger partial charge in [0.2, 0.25) is 0 Å². The third-order valence-corrected chi connectivity index (χ3v) is 4.93. The molecule has 6 heteroatoms. The molecule has 4 rings (SSSR count). The number of carbonyl (C=O) groups excluding carboxylic acids is 1. The summed E-state index contributed by atoms with van der Waals surface area (Å²) in [6, 6.07) is 19.7. The van der Waals surface area contributed by atoms with Crippen molar-refractivity contribution in [2.45, 2.75) is 18.9 Å². The molecule has 0 unspecified atom stereocenters. The Morgan fingerprint density at radius 2 is 2.00 bits per heavy atom. The van der Waals surface area contributed by atoms with Crippen molar-refractivity contribution in [3.05, 3.63) is 76.4 Å². The van der Waals surface area contributed by atoms with E-state index in [9.17, 15) is 10.1 Å². The van der Waals surface area contributed by atoms with Gasteiger partial charge >= 0.3 is 0 Å². The summed E-state index contributed by atoms with van der Waals surface area (Å²) in [4.78, 5) is 12.4. The smallest absolute Gasteiger partial charge is 0.262 e. The predicted octanol–water partition coefficient (Wildman–Crippen LogP) is 4.49. The average Bonchev–Trinajstić information content (AvgIpc) is 3.42. The summed E-state index contributed by atoms with van der Waals surface area (Å²) in [6.07, 6.45) is 5.40. The van der Waals surface area contributed by atoms with Gasteiger partial charge in [-0.25, -0.2) is 4.68 Å². The second-order valence-electron chi connectivity index (χ2n) is 6.64. The normalized spacial score (nSPS) is 13.8. The zero-order valence-electron chi connectivity index (χ0n) is 15.0. The highest BCUT2D eigenvalue weighted by Crippen LogP contribution is 2.28. The van der Waals surface area contributed by atoms with Gasteiger partial charge in [0.25, 0.3) is 5.91 Å². The number of nitriles is 1. The van der Waals surface area contributed by atoms with Crippen molar-refractivity contribution in [2.24, 2.45) is 0 Å². The van der Waals surface area contributed by atoms with E-state index in [0.29, 0.717) is 11.3 Å². The van der Waals surface area contributed by atoms with Crippen molar-refractivity contribution in [1.29, 1.82) is 5.26 Å². The topological polar surface area (TPSA) is 70.7 Å². The molecular formula is C22H17BrN4O. The third kappa shape index (κ3) is 4.05. The van der Waals surface area contributed by atoms with E-state index in [1.165, 1.54) is 0 Å². The molecule has 1 N–H and O–H groups in total. The first kappa shape index (κ1) is 18.2. The highest BCUT2D eigenvalue weighted by Gasteiger charge is 2.25. The average molecular weight is 433 g/mol. The van der Waals surface area contributed by atoms with Gasteiger partial charge in [0.15, 0.2) is 0 Å². The second-order valence-corrected chi connectivity index (χ2v) is 7.56. The SMILES string of the molecule is N#C/C(=C\c1cn(-c2ccccc2)nc1-c1cccc(Br)c1)C(=O)NC1CC1. The number of nitrogens with one attached hydrogen (secondary N) is 1. The molecule has 0 radical (unpaired) electrons. The molecule has 0 atom stereocenters. The molecule has 0 saturated heterocycles. The Morgan fingerprint density at radius 3 is 2.68 bits per heavy atom. The van der Waals surface area contributed by atoms with Crippen LogP contribution in [-0.4, -0.2) is 21.7 Å². The molecule has 2 aromatic carbocycles. The van der Waals surface area contributed by atoms with Crippen molar-refractivity contribution in [3.63, 3.8) is 0 Å². The van der Waals surface area contributed by atoms with Crippen LogP contribution in [-0.2, 0) is 4.79 Å². The molecule has 138 valence electrons. The van der Waals surface area contributed by atoms with E-state index in [4.69, 9.17) is 5.10 Å². The first-order valence-corrected chi connectivity index (χ1v) is 9.77. The first-order valence-electron chi connectivity index (χ1n) is 8.98. The molecule has 1 saturated carbocycles. The number of benzene rings is 2. The van der Waals surface area contributed by atoms with E-state index in [1.807, 2.05) is 66.9 Å². The molecular weight excluding hydrogens is 416 g/mol. The third-order valence-electron chi connectivity index (χ3n) is 4.44. The van der Waals surface area contributed by atoms with Crippen molar-refractivity contribution in [1.82, 2.24) is 15.1 Å². The number of carbonyl (C=O) groups is 1. The van der Waals surface area contributed by atoms with Crippen LogP contribution in [0.2, 0.25) is 0 Å². The van der Waals surface area contributed by atoms with Crippen LogP contribution in [0.4, 0.5) is 0 Å². The monoisotopic (exact) mass is 432 g/mol. The first-order chi connectivity index (χ1) is 13.6. The van der Waals surface area contributed by atoms with Crippen molar-refractivity contribution >= 4 is 27.9 Å². The number of amides is 1.